The molecule has 30 heavy (non-hydrogen) atoms. The summed E-state index contributed by atoms with van der Waals surface area (Å²) in [5.41, 5.74) is 0.962. The third-order valence-corrected chi connectivity index (χ3v) is 5.35. The summed E-state index contributed by atoms with van der Waals surface area (Å²) in [7, 11) is 0. The van der Waals surface area contributed by atoms with Crippen LogP contribution in [0, 0.1) is 6.92 Å². The molecule has 0 spiro atoms. The van der Waals surface area contributed by atoms with Gasteiger partial charge < -0.3 is 13.6 Å². The highest BCUT2D eigenvalue weighted by Crippen LogP contribution is 2.24. The number of thioether (sulfide) groups is 1. The summed E-state index contributed by atoms with van der Waals surface area (Å²) in [4.78, 5) is 0. The van der Waals surface area contributed by atoms with E-state index in [1.165, 1.54) is 0 Å². The Labute approximate surface area is 182 Å². The molecular formula is C21H19ClN4O3S. The maximum atomic E-state index is 6.05. The minimum atomic E-state index is 0.302. The van der Waals surface area contributed by atoms with E-state index < -0.39 is 0 Å². The number of benzene rings is 1. The lowest BCUT2D eigenvalue weighted by Gasteiger charge is -2.06. The molecule has 154 valence electrons. The van der Waals surface area contributed by atoms with Gasteiger partial charge >= 0.3 is 0 Å². The van der Waals surface area contributed by atoms with Crippen LogP contribution >= 0.6 is 23.4 Å². The first-order valence-corrected chi connectivity index (χ1v) is 10.6. The number of hydrogen-bond acceptors (Lipinski definition) is 7. The first-order chi connectivity index (χ1) is 14.6. The molecule has 0 aliphatic heterocycles. The predicted molar refractivity (Wildman–Crippen MR) is 116 cm³/mol. The summed E-state index contributed by atoms with van der Waals surface area (Å²) < 4.78 is 18.7. The van der Waals surface area contributed by atoms with Crippen LogP contribution in [0.4, 0.5) is 0 Å². The third kappa shape index (κ3) is 4.60. The summed E-state index contributed by atoms with van der Waals surface area (Å²) in [6.45, 7) is 4.28. The van der Waals surface area contributed by atoms with Crippen molar-refractivity contribution in [3.05, 3.63) is 70.8 Å². The molecule has 0 radical (unpaired) electrons. The maximum absolute atomic E-state index is 6.05. The Bertz CT molecular complexity index is 1150. The molecule has 0 amide bonds. The molecule has 3 aromatic heterocycles. The zero-order valence-electron chi connectivity index (χ0n) is 16.4. The van der Waals surface area contributed by atoms with Crippen LogP contribution in [0.15, 0.2) is 67.8 Å². The van der Waals surface area contributed by atoms with E-state index in [1.807, 2.05) is 50.2 Å². The van der Waals surface area contributed by atoms with Gasteiger partial charge in [0.2, 0.25) is 11.0 Å². The standard InChI is InChI=1S/C21H19ClN4O3S/c1-3-30-21-25-24-20(19-5-4-10-27-19)26(21)23-12-16-6-7-17(29-16)13-28-15-8-9-18(22)14(2)11-15/h4-12H,3,13H2,1-2H3. The summed E-state index contributed by atoms with van der Waals surface area (Å²) in [6, 6.07) is 12.8. The van der Waals surface area contributed by atoms with Crippen molar-refractivity contribution in [3.63, 3.8) is 0 Å². The first-order valence-electron chi connectivity index (χ1n) is 9.28. The summed E-state index contributed by atoms with van der Waals surface area (Å²) in [5, 5.41) is 14.3. The largest absolute Gasteiger partial charge is 0.486 e. The second kappa shape index (κ2) is 9.23. The summed E-state index contributed by atoms with van der Waals surface area (Å²) in [5.74, 6) is 3.97. The number of ether oxygens (including phenoxy) is 1. The van der Waals surface area contributed by atoms with E-state index in [0.29, 0.717) is 39.9 Å². The van der Waals surface area contributed by atoms with Gasteiger partial charge in [-0.1, -0.05) is 30.3 Å². The molecule has 4 aromatic rings. The number of rotatable bonds is 8. The Hall–Kier alpha value is -2.97. The Kier molecular flexibility index (Phi) is 6.25. The number of aromatic nitrogens is 3. The molecule has 0 N–H and O–H groups in total. The lowest BCUT2D eigenvalue weighted by Crippen LogP contribution is -1.96. The van der Waals surface area contributed by atoms with E-state index in [-0.39, 0.29) is 0 Å². The maximum Gasteiger partial charge on any atom is 0.221 e. The molecule has 0 saturated carbocycles. The van der Waals surface area contributed by atoms with Crippen LogP contribution in [-0.2, 0) is 6.61 Å². The van der Waals surface area contributed by atoms with E-state index in [9.17, 15) is 0 Å². The van der Waals surface area contributed by atoms with E-state index in [1.54, 1.807) is 35.0 Å². The lowest BCUT2D eigenvalue weighted by atomic mass is 10.2. The van der Waals surface area contributed by atoms with Crippen molar-refractivity contribution < 1.29 is 13.6 Å². The molecule has 9 heteroatoms. The monoisotopic (exact) mass is 442 g/mol. The van der Waals surface area contributed by atoms with E-state index >= 15 is 0 Å². The SMILES string of the molecule is CCSc1nnc(-c2ccco2)n1N=Cc1ccc(COc2ccc(Cl)c(C)c2)o1. The molecule has 7 nitrogen and oxygen atoms in total. The van der Waals surface area contributed by atoms with Crippen molar-refractivity contribution in [2.75, 3.05) is 5.75 Å². The van der Waals surface area contributed by atoms with Gasteiger partial charge in [0.1, 0.15) is 23.9 Å². The van der Waals surface area contributed by atoms with E-state index in [0.717, 1.165) is 17.1 Å². The molecular weight excluding hydrogens is 424 g/mol. The Morgan fingerprint density at radius 1 is 1.23 bits per heavy atom. The highest BCUT2D eigenvalue weighted by molar-refractivity contribution is 7.99. The van der Waals surface area contributed by atoms with Crippen LogP contribution in [0.5, 0.6) is 5.75 Å². The van der Waals surface area contributed by atoms with Crippen LogP contribution < -0.4 is 4.74 Å². The Morgan fingerprint density at radius 3 is 2.90 bits per heavy atom. The fourth-order valence-corrected chi connectivity index (χ4v) is 3.40. The van der Waals surface area contributed by atoms with Crippen molar-refractivity contribution in [1.29, 1.82) is 0 Å². The molecule has 0 aliphatic rings. The van der Waals surface area contributed by atoms with E-state index in [2.05, 4.69) is 15.3 Å². The molecule has 3 heterocycles. The number of hydrogen-bond donors (Lipinski definition) is 0. The Balaban J connectivity index is 1.48. The van der Waals surface area contributed by atoms with Crippen LogP contribution in [0.2, 0.25) is 5.02 Å². The smallest absolute Gasteiger partial charge is 0.221 e. The molecule has 0 bridgehead atoms. The summed E-state index contributed by atoms with van der Waals surface area (Å²) >= 11 is 7.59. The molecule has 1 aromatic carbocycles. The van der Waals surface area contributed by atoms with Crippen molar-refractivity contribution in [1.82, 2.24) is 14.9 Å². The van der Waals surface area contributed by atoms with Gasteiger partial charge in [0.05, 0.1) is 12.5 Å². The van der Waals surface area contributed by atoms with Crippen molar-refractivity contribution >= 4 is 29.6 Å². The van der Waals surface area contributed by atoms with Crippen LogP contribution in [0.25, 0.3) is 11.6 Å². The average molecular weight is 443 g/mol. The quantitative estimate of drug-likeness (QED) is 0.258. The van der Waals surface area contributed by atoms with Crippen molar-refractivity contribution in [2.45, 2.75) is 25.6 Å². The van der Waals surface area contributed by atoms with Gasteiger partial charge in [0.25, 0.3) is 0 Å². The summed E-state index contributed by atoms with van der Waals surface area (Å²) in [6.07, 6.45) is 3.21. The second-order valence-corrected chi connectivity index (χ2v) is 7.91. The number of aryl methyl sites for hydroxylation is 1. The second-order valence-electron chi connectivity index (χ2n) is 6.28. The normalized spacial score (nSPS) is 11.4. The number of furan rings is 2. The van der Waals surface area contributed by atoms with Gasteiger partial charge in [0, 0.05) is 5.02 Å². The van der Waals surface area contributed by atoms with Crippen LogP contribution in [0.1, 0.15) is 24.0 Å². The highest BCUT2D eigenvalue weighted by Gasteiger charge is 2.15. The average Bonchev–Trinajstić information content (AvgIpc) is 3.48. The number of halogens is 1. The molecule has 0 fully saturated rings. The predicted octanol–water partition coefficient (Wildman–Crippen LogP) is 5.67. The molecule has 4 rings (SSSR count). The third-order valence-electron chi connectivity index (χ3n) is 4.12. The van der Waals surface area contributed by atoms with Gasteiger partial charge in [-0.05, 0) is 60.7 Å². The van der Waals surface area contributed by atoms with Crippen molar-refractivity contribution in [3.8, 4) is 17.3 Å². The highest BCUT2D eigenvalue weighted by atomic mass is 35.5. The first kappa shape index (κ1) is 20.3. The lowest BCUT2D eigenvalue weighted by molar-refractivity contribution is 0.269. The van der Waals surface area contributed by atoms with Gasteiger partial charge in [-0.3, -0.25) is 0 Å². The van der Waals surface area contributed by atoms with Gasteiger partial charge in [-0.25, -0.2) is 0 Å². The van der Waals surface area contributed by atoms with Gasteiger partial charge in [-0.2, -0.15) is 9.78 Å². The fourth-order valence-electron chi connectivity index (χ4n) is 2.67. The van der Waals surface area contributed by atoms with Gasteiger partial charge in [-0.15, -0.1) is 10.2 Å². The van der Waals surface area contributed by atoms with Crippen LogP contribution in [-0.4, -0.2) is 26.8 Å². The minimum absolute atomic E-state index is 0.302. The molecule has 0 aliphatic carbocycles. The van der Waals surface area contributed by atoms with Crippen molar-refractivity contribution in [2.24, 2.45) is 5.10 Å². The van der Waals surface area contributed by atoms with Crippen LogP contribution in [0.3, 0.4) is 0 Å². The van der Waals surface area contributed by atoms with E-state index in [4.69, 9.17) is 25.2 Å². The Morgan fingerprint density at radius 2 is 2.13 bits per heavy atom. The zero-order valence-corrected chi connectivity index (χ0v) is 18.0. The minimum Gasteiger partial charge on any atom is -0.486 e. The fraction of sp³-hybridized carbons (Fsp3) is 0.190. The molecule has 0 unspecified atom stereocenters. The number of nitrogens with zero attached hydrogens (tertiary/aromatic N) is 4. The molecule has 0 saturated heterocycles. The zero-order chi connectivity index (χ0) is 20.9. The topological polar surface area (TPSA) is 78.6 Å². The molecule has 0 atom stereocenters. The van der Waals surface area contributed by atoms with Gasteiger partial charge in [0.15, 0.2) is 5.76 Å².